The van der Waals surface area contributed by atoms with Gasteiger partial charge in [0.05, 0.1) is 23.3 Å². The quantitative estimate of drug-likeness (QED) is 0.758. The topological polar surface area (TPSA) is 101 Å². The van der Waals surface area contributed by atoms with E-state index in [0.717, 1.165) is 11.4 Å². The summed E-state index contributed by atoms with van der Waals surface area (Å²) in [6.45, 7) is 6.01. The van der Waals surface area contributed by atoms with Crippen molar-refractivity contribution < 1.29 is 9.53 Å². The number of nitrogens with zero attached hydrogens (tertiary/aromatic N) is 3. The normalized spacial score (nSPS) is 14.7. The molecule has 1 aliphatic heterocycles. The van der Waals surface area contributed by atoms with Gasteiger partial charge in [-0.15, -0.1) is 0 Å². The number of ether oxygens (including phenoxy) is 1. The number of hydrogen-bond acceptors (Lipinski definition) is 6. The zero-order valence-electron chi connectivity index (χ0n) is 16.7. The first-order valence-electron chi connectivity index (χ1n) is 9.32. The van der Waals surface area contributed by atoms with Gasteiger partial charge in [-0.2, -0.15) is 10.5 Å². The lowest BCUT2D eigenvalue weighted by molar-refractivity contribution is -0.0243. The number of benzene rings is 2. The SMILES string of the molecule is CC(C)(C)OC(=O)N1CCC1(Nc1ccc(C#N)cc1)Nc1ccc(C#N)cc1. The minimum absolute atomic E-state index is 0.425. The Hall–Kier alpha value is -3.71. The molecule has 1 saturated heterocycles. The molecule has 0 aliphatic carbocycles. The van der Waals surface area contributed by atoms with Crippen LogP contribution in [0.15, 0.2) is 48.5 Å². The molecule has 0 aromatic heterocycles. The number of carbonyl (C=O) groups excluding carboxylic acids is 1. The molecule has 29 heavy (non-hydrogen) atoms. The first-order chi connectivity index (χ1) is 13.7. The van der Waals surface area contributed by atoms with Crippen LogP contribution in [0, 0.1) is 22.7 Å². The molecule has 3 rings (SSSR count). The maximum atomic E-state index is 12.8. The summed E-state index contributed by atoms with van der Waals surface area (Å²) in [5, 5.41) is 24.8. The standard InChI is InChI=1S/C22H23N5O2/c1-21(2,3)29-20(28)27-13-12-22(27,25-18-8-4-16(14-23)5-9-18)26-19-10-6-17(15-24)7-11-19/h4-11,25-26H,12-13H2,1-3H3. The predicted octanol–water partition coefficient (Wildman–Crippen LogP) is 4.25. The summed E-state index contributed by atoms with van der Waals surface area (Å²) in [6, 6.07) is 18.2. The number of anilines is 2. The van der Waals surface area contributed by atoms with E-state index in [9.17, 15) is 4.79 Å². The number of amides is 1. The molecule has 0 atom stereocenters. The largest absolute Gasteiger partial charge is 0.444 e. The number of hydrogen-bond donors (Lipinski definition) is 2. The van der Waals surface area contributed by atoms with E-state index in [0.29, 0.717) is 24.1 Å². The molecule has 0 saturated carbocycles. The van der Waals surface area contributed by atoms with Crippen LogP contribution < -0.4 is 10.6 Å². The van der Waals surface area contributed by atoms with Gasteiger partial charge in [-0.1, -0.05) is 0 Å². The third kappa shape index (κ3) is 4.59. The van der Waals surface area contributed by atoms with E-state index in [4.69, 9.17) is 15.3 Å². The third-order valence-electron chi connectivity index (χ3n) is 4.50. The van der Waals surface area contributed by atoms with Crippen LogP contribution in [0.1, 0.15) is 38.3 Å². The second-order valence-electron chi connectivity index (χ2n) is 7.87. The van der Waals surface area contributed by atoms with Crippen LogP contribution >= 0.6 is 0 Å². The highest BCUT2D eigenvalue weighted by molar-refractivity contribution is 5.73. The summed E-state index contributed by atoms with van der Waals surface area (Å²) < 4.78 is 5.57. The van der Waals surface area contributed by atoms with Crippen molar-refractivity contribution in [2.75, 3.05) is 17.2 Å². The van der Waals surface area contributed by atoms with Gasteiger partial charge in [-0.05, 0) is 69.3 Å². The molecule has 2 aromatic rings. The van der Waals surface area contributed by atoms with Crippen LogP contribution in [0.25, 0.3) is 0 Å². The molecule has 1 fully saturated rings. The van der Waals surface area contributed by atoms with E-state index in [1.54, 1.807) is 53.4 Å². The summed E-state index contributed by atoms with van der Waals surface area (Å²) in [4.78, 5) is 14.4. The van der Waals surface area contributed by atoms with Crippen LogP contribution in [0.2, 0.25) is 0 Å². The highest BCUT2D eigenvalue weighted by Gasteiger charge is 2.49. The van der Waals surface area contributed by atoms with E-state index >= 15 is 0 Å². The van der Waals surface area contributed by atoms with Gasteiger partial charge in [0.2, 0.25) is 0 Å². The van der Waals surface area contributed by atoms with E-state index in [1.165, 1.54) is 0 Å². The van der Waals surface area contributed by atoms with Crippen LogP contribution in [-0.4, -0.2) is 28.9 Å². The van der Waals surface area contributed by atoms with Gasteiger partial charge >= 0.3 is 6.09 Å². The molecule has 0 radical (unpaired) electrons. The van der Waals surface area contributed by atoms with Gasteiger partial charge in [-0.3, -0.25) is 4.90 Å². The minimum atomic E-state index is -0.884. The van der Waals surface area contributed by atoms with E-state index < -0.39 is 17.5 Å². The average Bonchev–Trinajstić information content (AvgIpc) is 2.66. The van der Waals surface area contributed by atoms with E-state index in [1.807, 2.05) is 20.8 Å². The van der Waals surface area contributed by atoms with Gasteiger partial charge in [0.15, 0.2) is 5.79 Å². The Kier molecular flexibility index (Phi) is 5.34. The first-order valence-corrected chi connectivity index (χ1v) is 9.32. The Bertz CT molecular complexity index is 903. The van der Waals surface area contributed by atoms with Crippen LogP contribution in [0.5, 0.6) is 0 Å². The molecule has 0 bridgehead atoms. The van der Waals surface area contributed by atoms with E-state index in [2.05, 4.69) is 22.8 Å². The Labute approximate surface area is 170 Å². The Balaban J connectivity index is 1.88. The smallest absolute Gasteiger partial charge is 0.413 e. The maximum absolute atomic E-state index is 12.8. The van der Waals surface area contributed by atoms with Gasteiger partial charge in [0.1, 0.15) is 5.60 Å². The van der Waals surface area contributed by atoms with Crippen LogP contribution in [-0.2, 0) is 4.74 Å². The molecular formula is C22H23N5O2. The number of nitriles is 2. The summed E-state index contributed by atoms with van der Waals surface area (Å²) in [5.74, 6) is -0.884. The van der Waals surface area contributed by atoms with Crippen molar-refractivity contribution >= 4 is 17.5 Å². The fraction of sp³-hybridized carbons (Fsp3) is 0.318. The van der Waals surface area contributed by atoms with Gasteiger partial charge in [-0.25, -0.2) is 4.79 Å². The molecule has 1 heterocycles. The second-order valence-corrected chi connectivity index (χ2v) is 7.87. The monoisotopic (exact) mass is 389 g/mol. The molecular weight excluding hydrogens is 366 g/mol. The zero-order chi connectivity index (χ0) is 21.1. The Morgan fingerprint density at radius 1 is 0.966 bits per heavy atom. The predicted molar refractivity (Wildman–Crippen MR) is 110 cm³/mol. The zero-order valence-corrected chi connectivity index (χ0v) is 16.7. The molecule has 1 amide bonds. The van der Waals surface area contributed by atoms with E-state index in [-0.39, 0.29) is 0 Å². The number of nitrogens with one attached hydrogen (secondary N) is 2. The second kappa shape index (κ2) is 7.73. The number of likely N-dealkylation sites (tertiary alicyclic amines) is 1. The number of carbonyl (C=O) groups is 1. The fourth-order valence-corrected chi connectivity index (χ4v) is 3.04. The molecule has 148 valence electrons. The van der Waals surface area contributed by atoms with Crippen molar-refractivity contribution in [3.05, 3.63) is 59.7 Å². The van der Waals surface area contributed by atoms with Crippen molar-refractivity contribution in [3.8, 4) is 12.1 Å². The third-order valence-corrected chi connectivity index (χ3v) is 4.50. The molecule has 0 unspecified atom stereocenters. The van der Waals surface area contributed by atoms with Crippen molar-refractivity contribution in [3.63, 3.8) is 0 Å². The summed E-state index contributed by atoms with van der Waals surface area (Å²) in [7, 11) is 0. The lowest BCUT2D eigenvalue weighted by Crippen LogP contribution is -2.71. The molecule has 1 aliphatic rings. The Morgan fingerprint density at radius 3 is 1.72 bits per heavy atom. The first kappa shape index (κ1) is 20.0. The summed E-state index contributed by atoms with van der Waals surface area (Å²) >= 11 is 0. The van der Waals surface area contributed by atoms with Crippen LogP contribution in [0.4, 0.5) is 16.2 Å². The average molecular weight is 389 g/mol. The van der Waals surface area contributed by atoms with Crippen molar-refractivity contribution in [2.45, 2.75) is 38.6 Å². The van der Waals surface area contributed by atoms with Crippen molar-refractivity contribution in [1.82, 2.24) is 4.90 Å². The van der Waals surface area contributed by atoms with Crippen molar-refractivity contribution in [1.29, 1.82) is 10.5 Å². The number of rotatable bonds is 4. The molecule has 2 N–H and O–H groups in total. The highest BCUT2D eigenvalue weighted by Crippen LogP contribution is 2.35. The highest BCUT2D eigenvalue weighted by atomic mass is 16.6. The lowest BCUT2D eigenvalue weighted by Gasteiger charge is -2.53. The lowest BCUT2D eigenvalue weighted by atomic mass is 10.0. The summed E-state index contributed by atoms with van der Waals surface area (Å²) in [5.41, 5.74) is 2.03. The molecule has 7 heteroatoms. The summed E-state index contributed by atoms with van der Waals surface area (Å²) in [6.07, 6.45) is 0.220. The Morgan fingerprint density at radius 2 is 1.41 bits per heavy atom. The minimum Gasteiger partial charge on any atom is -0.444 e. The maximum Gasteiger partial charge on any atom is 0.413 e. The molecule has 2 aromatic carbocycles. The fourth-order valence-electron chi connectivity index (χ4n) is 3.04. The molecule has 7 nitrogen and oxygen atoms in total. The van der Waals surface area contributed by atoms with Gasteiger partial charge in [0.25, 0.3) is 0 Å². The van der Waals surface area contributed by atoms with Gasteiger partial charge in [0, 0.05) is 24.3 Å². The van der Waals surface area contributed by atoms with Gasteiger partial charge < -0.3 is 15.4 Å². The molecule has 0 spiro atoms. The van der Waals surface area contributed by atoms with Crippen LogP contribution in [0.3, 0.4) is 0 Å². The van der Waals surface area contributed by atoms with Crippen molar-refractivity contribution in [2.24, 2.45) is 0 Å².